The van der Waals surface area contributed by atoms with Crippen LogP contribution in [0.2, 0.25) is 5.02 Å². The van der Waals surface area contributed by atoms with E-state index >= 15 is 0 Å². The Morgan fingerprint density at radius 1 is 1.42 bits per heavy atom. The molecule has 1 aliphatic rings. The van der Waals surface area contributed by atoms with E-state index in [4.69, 9.17) is 16.1 Å². The minimum Gasteiger partial charge on any atom is -0.361 e. The normalized spacial score (nSPS) is 18.0. The Hall–Kier alpha value is -1.85. The fourth-order valence-corrected chi connectivity index (χ4v) is 3.34. The molecule has 24 heavy (non-hydrogen) atoms. The van der Waals surface area contributed by atoms with Gasteiger partial charge in [-0.1, -0.05) is 35.0 Å². The summed E-state index contributed by atoms with van der Waals surface area (Å²) in [6.07, 6.45) is 1.28. The minimum atomic E-state index is 0.0206. The largest absolute Gasteiger partial charge is 0.361 e. The molecule has 0 bridgehead atoms. The Kier molecular flexibility index (Phi) is 5.21. The summed E-state index contributed by atoms with van der Waals surface area (Å²) < 4.78 is 5.22. The summed E-state index contributed by atoms with van der Waals surface area (Å²) in [5, 5.41) is 7.75. The van der Waals surface area contributed by atoms with Gasteiger partial charge >= 0.3 is 0 Å². The van der Waals surface area contributed by atoms with Gasteiger partial charge in [-0.2, -0.15) is 0 Å². The maximum atomic E-state index is 12.2. The highest BCUT2D eigenvalue weighted by Gasteiger charge is 2.25. The topological polar surface area (TPSA) is 58.4 Å². The molecule has 1 aliphatic heterocycles. The molecular weight excluding hydrogens is 326 g/mol. The van der Waals surface area contributed by atoms with Crippen LogP contribution in [0.3, 0.4) is 0 Å². The standard InChI is InChI=1S/C18H22ClN3O2/c1-12-16(13(2)24-21-12)11-22-8-7-15(10-22)20-18(23)9-14-5-3-4-6-17(14)19/h3-6,15H,7-11H2,1-2H3,(H,20,23)/t15-/m1/s1. The zero-order chi connectivity index (χ0) is 17.1. The highest BCUT2D eigenvalue weighted by Crippen LogP contribution is 2.19. The first-order valence-electron chi connectivity index (χ1n) is 8.20. The molecule has 0 saturated carbocycles. The van der Waals surface area contributed by atoms with Gasteiger partial charge in [-0.3, -0.25) is 9.69 Å². The number of carbonyl (C=O) groups is 1. The van der Waals surface area contributed by atoms with Crippen LogP contribution >= 0.6 is 11.6 Å². The van der Waals surface area contributed by atoms with E-state index in [1.54, 1.807) is 0 Å². The molecule has 1 saturated heterocycles. The van der Waals surface area contributed by atoms with Crippen LogP contribution in [0.1, 0.15) is 29.0 Å². The van der Waals surface area contributed by atoms with Crippen LogP contribution in [0.5, 0.6) is 0 Å². The smallest absolute Gasteiger partial charge is 0.224 e. The first-order chi connectivity index (χ1) is 11.5. The molecule has 2 heterocycles. The Morgan fingerprint density at radius 2 is 2.21 bits per heavy atom. The number of halogens is 1. The van der Waals surface area contributed by atoms with Crippen molar-refractivity contribution < 1.29 is 9.32 Å². The van der Waals surface area contributed by atoms with E-state index < -0.39 is 0 Å². The van der Waals surface area contributed by atoms with E-state index in [0.717, 1.165) is 48.6 Å². The van der Waals surface area contributed by atoms with Crippen LogP contribution in [0.4, 0.5) is 0 Å². The first-order valence-corrected chi connectivity index (χ1v) is 8.57. The van der Waals surface area contributed by atoms with Gasteiger partial charge < -0.3 is 9.84 Å². The maximum absolute atomic E-state index is 12.2. The van der Waals surface area contributed by atoms with Crippen molar-refractivity contribution in [3.63, 3.8) is 0 Å². The number of carbonyl (C=O) groups excluding carboxylic acids is 1. The Labute approximate surface area is 147 Å². The average molecular weight is 348 g/mol. The van der Waals surface area contributed by atoms with Gasteiger partial charge in [0.1, 0.15) is 5.76 Å². The average Bonchev–Trinajstić information content (AvgIpc) is 3.11. The number of nitrogens with zero attached hydrogens (tertiary/aromatic N) is 2. The Bertz CT molecular complexity index is 709. The van der Waals surface area contributed by atoms with Gasteiger partial charge in [-0.15, -0.1) is 0 Å². The predicted octanol–water partition coefficient (Wildman–Crippen LogP) is 2.88. The highest BCUT2D eigenvalue weighted by molar-refractivity contribution is 6.31. The van der Waals surface area contributed by atoms with Crippen LogP contribution in [0, 0.1) is 13.8 Å². The van der Waals surface area contributed by atoms with Gasteiger partial charge in [-0.25, -0.2) is 0 Å². The summed E-state index contributed by atoms with van der Waals surface area (Å²) in [4.78, 5) is 14.6. The third kappa shape index (κ3) is 3.97. The predicted molar refractivity (Wildman–Crippen MR) is 93.0 cm³/mol. The molecule has 5 nitrogen and oxygen atoms in total. The quantitative estimate of drug-likeness (QED) is 0.903. The number of likely N-dealkylation sites (tertiary alicyclic amines) is 1. The van der Waals surface area contributed by atoms with Crippen molar-refractivity contribution in [2.45, 2.75) is 39.3 Å². The van der Waals surface area contributed by atoms with Gasteiger partial charge in [0.15, 0.2) is 0 Å². The molecule has 6 heteroatoms. The molecule has 0 aliphatic carbocycles. The molecule has 0 unspecified atom stereocenters. The van der Waals surface area contributed by atoms with Crippen molar-refractivity contribution in [2.24, 2.45) is 0 Å². The molecule has 128 valence electrons. The lowest BCUT2D eigenvalue weighted by Crippen LogP contribution is -2.37. The lowest BCUT2D eigenvalue weighted by molar-refractivity contribution is -0.121. The van der Waals surface area contributed by atoms with E-state index in [0.29, 0.717) is 11.4 Å². The number of hydrogen-bond donors (Lipinski definition) is 1. The van der Waals surface area contributed by atoms with Crippen molar-refractivity contribution in [1.82, 2.24) is 15.4 Å². The monoisotopic (exact) mass is 347 g/mol. The number of hydrogen-bond acceptors (Lipinski definition) is 4. The van der Waals surface area contributed by atoms with Gasteiger partial charge in [0, 0.05) is 36.3 Å². The van der Waals surface area contributed by atoms with Crippen LogP contribution < -0.4 is 5.32 Å². The summed E-state index contributed by atoms with van der Waals surface area (Å²) >= 11 is 6.11. The van der Waals surface area contributed by atoms with Gasteiger partial charge in [0.25, 0.3) is 0 Å². The molecular formula is C18H22ClN3O2. The number of nitrogens with one attached hydrogen (secondary N) is 1. The van der Waals surface area contributed by atoms with E-state index in [1.807, 2.05) is 38.1 Å². The molecule has 1 N–H and O–H groups in total. The molecule has 1 aromatic heterocycles. The summed E-state index contributed by atoms with van der Waals surface area (Å²) in [6, 6.07) is 7.65. The zero-order valence-electron chi connectivity index (χ0n) is 14.0. The van der Waals surface area contributed by atoms with Crippen LogP contribution in [0.25, 0.3) is 0 Å². The first kappa shape index (κ1) is 17.0. The molecule has 1 fully saturated rings. The number of rotatable bonds is 5. The van der Waals surface area contributed by atoms with E-state index in [9.17, 15) is 4.79 Å². The number of aryl methyl sites for hydroxylation is 2. The maximum Gasteiger partial charge on any atom is 0.224 e. The van der Waals surface area contributed by atoms with Crippen LogP contribution in [0.15, 0.2) is 28.8 Å². The van der Waals surface area contributed by atoms with Crippen LogP contribution in [-0.2, 0) is 17.8 Å². The summed E-state index contributed by atoms with van der Waals surface area (Å²) in [5.74, 6) is 0.894. The van der Waals surface area contributed by atoms with Crippen LogP contribution in [-0.4, -0.2) is 35.1 Å². The molecule has 3 rings (SSSR count). The molecule has 0 radical (unpaired) electrons. The van der Waals surface area contributed by atoms with Crippen molar-refractivity contribution in [2.75, 3.05) is 13.1 Å². The van der Waals surface area contributed by atoms with E-state index in [2.05, 4.69) is 15.4 Å². The van der Waals surface area contributed by atoms with Gasteiger partial charge in [0.2, 0.25) is 5.91 Å². The Balaban J connectivity index is 1.51. The summed E-state index contributed by atoms with van der Waals surface area (Å²) in [6.45, 7) is 6.52. The second-order valence-corrected chi connectivity index (χ2v) is 6.77. The third-order valence-electron chi connectivity index (χ3n) is 4.51. The molecule has 0 spiro atoms. The van der Waals surface area contributed by atoms with Crippen molar-refractivity contribution >= 4 is 17.5 Å². The van der Waals surface area contributed by atoms with Gasteiger partial charge in [-0.05, 0) is 31.9 Å². The zero-order valence-corrected chi connectivity index (χ0v) is 14.8. The van der Waals surface area contributed by atoms with Crippen molar-refractivity contribution in [1.29, 1.82) is 0 Å². The fourth-order valence-electron chi connectivity index (χ4n) is 3.14. The van der Waals surface area contributed by atoms with Crippen molar-refractivity contribution in [3.8, 4) is 0 Å². The second-order valence-electron chi connectivity index (χ2n) is 6.36. The number of amides is 1. The molecule has 2 aromatic rings. The third-order valence-corrected chi connectivity index (χ3v) is 4.88. The molecule has 1 atom stereocenters. The lowest BCUT2D eigenvalue weighted by atomic mass is 10.1. The minimum absolute atomic E-state index is 0.0206. The van der Waals surface area contributed by atoms with E-state index in [1.165, 1.54) is 0 Å². The number of benzene rings is 1. The summed E-state index contributed by atoms with van der Waals surface area (Å²) in [7, 11) is 0. The highest BCUT2D eigenvalue weighted by atomic mass is 35.5. The Morgan fingerprint density at radius 3 is 2.92 bits per heavy atom. The molecule has 1 aromatic carbocycles. The van der Waals surface area contributed by atoms with Crippen molar-refractivity contribution in [3.05, 3.63) is 51.9 Å². The van der Waals surface area contributed by atoms with Gasteiger partial charge in [0.05, 0.1) is 12.1 Å². The van der Waals surface area contributed by atoms with E-state index in [-0.39, 0.29) is 11.9 Å². The molecule has 1 amide bonds. The second kappa shape index (κ2) is 7.36. The lowest BCUT2D eigenvalue weighted by Gasteiger charge is -2.16. The fraction of sp³-hybridized carbons (Fsp3) is 0.444. The number of aromatic nitrogens is 1. The SMILES string of the molecule is Cc1noc(C)c1CN1CC[C@@H](NC(=O)Cc2ccccc2Cl)C1. The summed E-state index contributed by atoms with van der Waals surface area (Å²) in [5.41, 5.74) is 2.96.